The Hall–Kier alpha value is -3.60. The first-order valence-corrected chi connectivity index (χ1v) is 10.1. The van der Waals surface area contributed by atoms with E-state index in [1.807, 2.05) is 42.5 Å². The maximum Gasteiger partial charge on any atom is 0.306 e. The van der Waals surface area contributed by atoms with E-state index in [1.165, 1.54) is 7.11 Å². The molecule has 0 aliphatic carbocycles. The van der Waals surface area contributed by atoms with Crippen molar-refractivity contribution in [2.75, 3.05) is 14.2 Å². The lowest BCUT2D eigenvalue weighted by molar-refractivity contribution is -0.141. The van der Waals surface area contributed by atoms with E-state index >= 15 is 0 Å². The number of rotatable bonds is 10. The van der Waals surface area contributed by atoms with Crippen molar-refractivity contribution in [3.05, 3.63) is 95.1 Å². The molecule has 0 spiro atoms. The fourth-order valence-electron chi connectivity index (χ4n) is 3.52. The van der Waals surface area contributed by atoms with Crippen molar-refractivity contribution in [2.24, 2.45) is 5.92 Å². The van der Waals surface area contributed by atoms with Crippen LogP contribution in [0.4, 0.5) is 0 Å². The van der Waals surface area contributed by atoms with E-state index in [4.69, 9.17) is 9.47 Å². The van der Waals surface area contributed by atoms with Gasteiger partial charge in [-0.15, -0.1) is 0 Å². The number of methoxy groups -OCH3 is 2. The minimum absolute atomic E-state index is 0.162. The number of ketones is 1. The summed E-state index contributed by atoms with van der Waals surface area (Å²) in [7, 11) is 3.06. The molecule has 5 nitrogen and oxygen atoms in total. The van der Waals surface area contributed by atoms with Crippen molar-refractivity contribution in [1.82, 2.24) is 0 Å². The van der Waals surface area contributed by atoms with Crippen molar-refractivity contribution in [1.29, 1.82) is 0 Å². The number of carbonyl (C=O) groups excluding carboxylic acids is 1. The minimum Gasteiger partial charge on any atom is -0.497 e. The highest BCUT2D eigenvalue weighted by Crippen LogP contribution is 2.27. The highest BCUT2D eigenvalue weighted by Gasteiger charge is 2.19. The van der Waals surface area contributed by atoms with Crippen molar-refractivity contribution in [3.63, 3.8) is 0 Å². The normalized spacial score (nSPS) is 11.5. The van der Waals surface area contributed by atoms with Crippen molar-refractivity contribution in [2.45, 2.75) is 19.3 Å². The van der Waals surface area contributed by atoms with Crippen LogP contribution in [0, 0.1) is 5.92 Å². The van der Waals surface area contributed by atoms with Crippen molar-refractivity contribution < 1.29 is 24.2 Å². The van der Waals surface area contributed by atoms with Crippen molar-refractivity contribution in [3.8, 4) is 11.5 Å². The first-order valence-electron chi connectivity index (χ1n) is 10.1. The van der Waals surface area contributed by atoms with Gasteiger partial charge in [-0.05, 0) is 42.5 Å². The van der Waals surface area contributed by atoms with Gasteiger partial charge in [0.1, 0.15) is 11.5 Å². The fraction of sp³-hybridized carbons (Fsp3) is 0.231. The molecule has 0 fully saturated rings. The first kappa shape index (κ1) is 22.1. The molecule has 1 unspecified atom stereocenters. The number of carboxylic acids is 1. The third-order valence-corrected chi connectivity index (χ3v) is 5.33. The molecule has 0 bridgehead atoms. The highest BCUT2D eigenvalue weighted by molar-refractivity contribution is 6.10. The summed E-state index contributed by atoms with van der Waals surface area (Å²) in [6, 6.07) is 22.1. The second-order valence-corrected chi connectivity index (χ2v) is 7.36. The molecule has 3 rings (SSSR count). The van der Waals surface area contributed by atoms with E-state index in [1.54, 1.807) is 37.4 Å². The predicted molar refractivity (Wildman–Crippen MR) is 119 cm³/mol. The largest absolute Gasteiger partial charge is 0.497 e. The van der Waals surface area contributed by atoms with Gasteiger partial charge in [-0.2, -0.15) is 0 Å². The zero-order valence-corrected chi connectivity index (χ0v) is 17.7. The van der Waals surface area contributed by atoms with Crippen LogP contribution in [0.3, 0.4) is 0 Å². The summed E-state index contributed by atoms with van der Waals surface area (Å²) in [5.41, 5.74) is 2.98. The molecule has 0 radical (unpaired) electrons. The summed E-state index contributed by atoms with van der Waals surface area (Å²) in [6.07, 6.45) is 1.69. The van der Waals surface area contributed by atoms with Gasteiger partial charge in [-0.25, -0.2) is 0 Å². The van der Waals surface area contributed by atoms with Crippen LogP contribution in [-0.2, 0) is 17.6 Å². The summed E-state index contributed by atoms with van der Waals surface area (Å²) >= 11 is 0. The van der Waals surface area contributed by atoms with E-state index < -0.39 is 11.9 Å². The lowest BCUT2D eigenvalue weighted by atomic mass is 9.92. The van der Waals surface area contributed by atoms with Gasteiger partial charge in [-0.3, -0.25) is 9.59 Å². The third kappa shape index (κ3) is 5.72. The number of carbonyl (C=O) groups is 2. The van der Waals surface area contributed by atoms with E-state index in [-0.39, 0.29) is 5.78 Å². The maximum atomic E-state index is 12.9. The molecule has 1 N–H and O–H groups in total. The van der Waals surface area contributed by atoms with Gasteiger partial charge >= 0.3 is 5.97 Å². The number of carboxylic acid groups (broad SMARTS) is 1. The Balaban J connectivity index is 1.70. The third-order valence-electron chi connectivity index (χ3n) is 5.33. The van der Waals surface area contributed by atoms with Gasteiger partial charge < -0.3 is 14.6 Å². The minimum atomic E-state index is -0.806. The summed E-state index contributed by atoms with van der Waals surface area (Å²) in [5.74, 6) is -0.397. The molecule has 160 valence electrons. The summed E-state index contributed by atoms with van der Waals surface area (Å²) in [5, 5.41) is 9.63. The average molecular weight is 418 g/mol. The van der Waals surface area contributed by atoms with E-state index in [2.05, 4.69) is 0 Å². The van der Waals surface area contributed by atoms with Crippen LogP contribution >= 0.6 is 0 Å². The van der Waals surface area contributed by atoms with Crippen LogP contribution in [0.25, 0.3) is 0 Å². The zero-order valence-electron chi connectivity index (χ0n) is 17.7. The number of aryl methyl sites for hydroxylation is 1. The monoisotopic (exact) mass is 418 g/mol. The molecule has 0 heterocycles. The lowest BCUT2D eigenvalue weighted by Crippen LogP contribution is -2.17. The lowest BCUT2D eigenvalue weighted by Gasteiger charge is -2.13. The van der Waals surface area contributed by atoms with Gasteiger partial charge in [0.2, 0.25) is 0 Å². The number of hydrogen-bond acceptors (Lipinski definition) is 4. The fourth-order valence-corrected chi connectivity index (χ4v) is 3.52. The van der Waals surface area contributed by atoms with Crippen molar-refractivity contribution >= 4 is 11.8 Å². The molecule has 0 saturated carbocycles. The predicted octanol–water partition coefficient (Wildman–Crippen LogP) is 4.81. The number of ether oxygens (including phenoxy) is 2. The van der Waals surface area contributed by atoms with Crippen LogP contribution in [0.5, 0.6) is 11.5 Å². The molecule has 0 aliphatic rings. The molecule has 0 aliphatic heterocycles. The maximum absolute atomic E-state index is 12.9. The standard InChI is InChI=1S/C26H26O5/c1-30-22-14-15-23(24(17-22)31-2)25(27)20-11-9-19(10-12-20)16-21(26(28)29)13-8-18-6-4-3-5-7-18/h3-7,9-12,14-15,17,21H,8,13,16H2,1-2H3,(H,28,29). The van der Waals surface area contributed by atoms with Gasteiger partial charge in [0.05, 0.1) is 25.7 Å². The van der Waals surface area contributed by atoms with Gasteiger partial charge in [0, 0.05) is 11.6 Å². The number of benzene rings is 3. The Morgan fingerprint density at radius 3 is 2.19 bits per heavy atom. The SMILES string of the molecule is COc1ccc(C(=O)c2ccc(CC(CCc3ccccc3)C(=O)O)cc2)c(OC)c1. The summed E-state index contributed by atoms with van der Waals surface area (Å²) in [6.45, 7) is 0. The van der Waals surface area contributed by atoms with E-state index in [0.29, 0.717) is 41.9 Å². The Labute approximate surface area is 182 Å². The van der Waals surface area contributed by atoms with Crippen LogP contribution in [0.1, 0.15) is 33.5 Å². The molecule has 3 aromatic rings. The first-order chi connectivity index (χ1) is 15.0. The van der Waals surface area contributed by atoms with Crippen LogP contribution in [0.2, 0.25) is 0 Å². The average Bonchev–Trinajstić information content (AvgIpc) is 2.81. The van der Waals surface area contributed by atoms with E-state index in [9.17, 15) is 14.7 Å². The van der Waals surface area contributed by atoms with Crippen LogP contribution in [-0.4, -0.2) is 31.1 Å². The molecule has 31 heavy (non-hydrogen) atoms. The topological polar surface area (TPSA) is 72.8 Å². The summed E-state index contributed by atoms with van der Waals surface area (Å²) < 4.78 is 10.5. The molecule has 0 aromatic heterocycles. The Morgan fingerprint density at radius 2 is 1.58 bits per heavy atom. The Bertz CT molecular complexity index is 1030. The zero-order chi connectivity index (χ0) is 22.2. The Morgan fingerprint density at radius 1 is 0.871 bits per heavy atom. The smallest absolute Gasteiger partial charge is 0.306 e. The molecule has 3 aromatic carbocycles. The van der Waals surface area contributed by atoms with Gasteiger partial charge in [-0.1, -0.05) is 54.6 Å². The van der Waals surface area contributed by atoms with Gasteiger partial charge in [0.25, 0.3) is 0 Å². The number of hydrogen-bond donors (Lipinski definition) is 1. The highest BCUT2D eigenvalue weighted by atomic mass is 16.5. The molecule has 1 atom stereocenters. The summed E-state index contributed by atoms with van der Waals surface area (Å²) in [4.78, 5) is 24.6. The van der Waals surface area contributed by atoms with E-state index in [0.717, 1.165) is 11.1 Å². The molecular weight excluding hydrogens is 392 g/mol. The molecular formula is C26H26O5. The quantitative estimate of drug-likeness (QED) is 0.478. The molecule has 0 saturated heterocycles. The molecule has 0 amide bonds. The van der Waals surface area contributed by atoms with Gasteiger partial charge in [0.15, 0.2) is 5.78 Å². The van der Waals surface area contributed by atoms with Crippen LogP contribution < -0.4 is 9.47 Å². The Kier molecular flexibility index (Phi) is 7.44. The number of aliphatic carboxylic acids is 1. The second kappa shape index (κ2) is 10.4. The molecule has 5 heteroatoms. The second-order valence-electron chi connectivity index (χ2n) is 7.36. The van der Waals surface area contributed by atoms with Crippen LogP contribution in [0.15, 0.2) is 72.8 Å².